The van der Waals surface area contributed by atoms with Crippen LogP contribution in [0.5, 0.6) is 5.75 Å². The van der Waals surface area contributed by atoms with Crippen LogP contribution in [0, 0.1) is 13.8 Å². The highest BCUT2D eigenvalue weighted by molar-refractivity contribution is 7.14. The summed E-state index contributed by atoms with van der Waals surface area (Å²) in [5, 5.41) is 11.7. The Morgan fingerprint density at radius 3 is 2.67 bits per heavy atom. The summed E-state index contributed by atoms with van der Waals surface area (Å²) >= 11 is 7.46. The van der Waals surface area contributed by atoms with Gasteiger partial charge in [0.05, 0.1) is 39.5 Å². The van der Waals surface area contributed by atoms with Gasteiger partial charge < -0.3 is 14.3 Å². The van der Waals surface area contributed by atoms with E-state index in [1.807, 2.05) is 0 Å². The molecule has 0 saturated carbocycles. The van der Waals surface area contributed by atoms with Gasteiger partial charge in [0.1, 0.15) is 17.6 Å². The minimum absolute atomic E-state index is 0.0614. The van der Waals surface area contributed by atoms with E-state index in [0.717, 1.165) is 0 Å². The molecule has 4 rings (SSSR count). The molecule has 0 saturated heterocycles. The molecule has 1 unspecified atom stereocenters. The van der Waals surface area contributed by atoms with Gasteiger partial charge in [-0.1, -0.05) is 11.6 Å². The third kappa shape index (κ3) is 3.18. The summed E-state index contributed by atoms with van der Waals surface area (Å²) in [4.78, 5) is 32.4. The fraction of sp³-hybridized carbons (Fsp3) is 0.190. The number of thiazole rings is 1. The first-order chi connectivity index (χ1) is 14.3. The Kier molecular flexibility index (Phi) is 5.13. The fourth-order valence-corrected chi connectivity index (χ4v) is 4.61. The molecular weight excluding hydrogens is 428 g/mol. The van der Waals surface area contributed by atoms with Crippen molar-refractivity contribution >= 4 is 40.3 Å². The van der Waals surface area contributed by atoms with Crippen LogP contribution < -0.4 is 9.64 Å². The second-order valence-corrected chi connectivity index (χ2v) is 8.26. The number of rotatable bonds is 5. The van der Waals surface area contributed by atoms with E-state index in [9.17, 15) is 14.7 Å². The number of anilines is 1. The number of Topliss-reactive ketones (excluding diaryl/α,β-unsaturated/α-hetero) is 1. The van der Waals surface area contributed by atoms with E-state index in [2.05, 4.69) is 4.98 Å². The lowest BCUT2D eigenvalue weighted by atomic mass is 9.99. The molecule has 1 atom stereocenters. The molecule has 0 aliphatic carbocycles. The second-order valence-electron chi connectivity index (χ2n) is 6.65. The highest BCUT2D eigenvalue weighted by Gasteiger charge is 2.46. The number of aromatic nitrogens is 1. The van der Waals surface area contributed by atoms with E-state index in [-0.39, 0.29) is 10.6 Å². The maximum atomic E-state index is 13.4. The molecule has 1 aromatic carbocycles. The molecule has 1 amide bonds. The number of aliphatic hydroxyl groups is 1. The second kappa shape index (κ2) is 7.62. The summed E-state index contributed by atoms with van der Waals surface area (Å²) < 4.78 is 10.7. The maximum absolute atomic E-state index is 13.4. The summed E-state index contributed by atoms with van der Waals surface area (Å²) in [6.45, 7) is 3.51. The molecule has 1 aliphatic heterocycles. The smallest absolute Gasteiger partial charge is 0.294 e. The van der Waals surface area contributed by atoms with Crippen LogP contribution in [0.2, 0.25) is 5.02 Å². The lowest BCUT2D eigenvalue weighted by Gasteiger charge is -2.25. The summed E-state index contributed by atoms with van der Waals surface area (Å²) in [6, 6.07) is 7.12. The quantitative estimate of drug-likeness (QED) is 0.568. The Labute approximate surface area is 181 Å². The molecule has 154 valence electrons. The number of methoxy groups -OCH3 is 1. The van der Waals surface area contributed by atoms with Crippen LogP contribution in [0.1, 0.15) is 32.2 Å². The van der Waals surface area contributed by atoms with Crippen molar-refractivity contribution < 1.29 is 23.8 Å². The zero-order valence-corrected chi connectivity index (χ0v) is 17.9. The summed E-state index contributed by atoms with van der Waals surface area (Å²) in [6.07, 6.45) is 1.44. The van der Waals surface area contributed by atoms with Crippen molar-refractivity contribution in [1.29, 1.82) is 0 Å². The van der Waals surface area contributed by atoms with E-state index in [0.29, 0.717) is 32.8 Å². The maximum Gasteiger partial charge on any atom is 0.294 e. The number of hydrogen-bond acceptors (Lipinski definition) is 7. The van der Waals surface area contributed by atoms with Crippen molar-refractivity contribution in [2.45, 2.75) is 19.9 Å². The van der Waals surface area contributed by atoms with Crippen LogP contribution in [-0.4, -0.2) is 28.9 Å². The Morgan fingerprint density at radius 2 is 2.10 bits per heavy atom. The van der Waals surface area contributed by atoms with E-state index >= 15 is 0 Å². The molecule has 0 bridgehead atoms. The molecule has 7 nitrogen and oxygen atoms in total. The average molecular weight is 445 g/mol. The number of halogens is 1. The molecule has 2 aromatic heterocycles. The van der Waals surface area contributed by atoms with Crippen LogP contribution in [0.3, 0.4) is 0 Å². The molecule has 30 heavy (non-hydrogen) atoms. The zero-order valence-electron chi connectivity index (χ0n) is 16.3. The van der Waals surface area contributed by atoms with Crippen molar-refractivity contribution in [3.05, 3.63) is 74.3 Å². The van der Waals surface area contributed by atoms with Gasteiger partial charge in [0.2, 0.25) is 5.78 Å². The molecule has 0 spiro atoms. The van der Waals surface area contributed by atoms with E-state index in [1.165, 1.54) is 35.7 Å². The first-order valence-electron chi connectivity index (χ1n) is 8.95. The summed E-state index contributed by atoms with van der Waals surface area (Å²) in [5.74, 6) is -1.04. The van der Waals surface area contributed by atoms with Gasteiger partial charge in [-0.25, -0.2) is 4.98 Å². The number of aryl methyl sites for hydroxylation is 2. The number of nitrogens with zero attached hydrogens (tertiary/aromatic N) is 2. The first-order valence-corrected chi connectivity index (χ1v) is 10.1. The number of carbonyl (C=O) groups excluding carboxylic acids is 2. The number of benzene rings is 1. The lowest BCUT2D eigenvalue weighted by molar-refractivity contribution is -0.117. The number of hydrogen-bond donors (Lipinski definition) is 1. The number of aliphatic hydroxyl groups excluding tert-OH is 1. The van der Waals surface area contributed by atoms with Crippen molar-refractivity contribution in [1.82, 2.24) is 4.98 Å². The number of furan rings is 1. The van der Waals surface area contributed by atoms with Crippen LogP contribution in [0.4, 0.5) is 5.69 Å². The average Bonchev–Trinajstić information content (AvgIpc) is 3.41. The fourth-order valence-electron chi connectivity index (χ4n) is 3.49. The number of ether oxygens (including phenoxy) is 1. The highest BCUT2D eigenvalue weighted by atomic mass is 35.5. The summed E-state index contributed by atoms with van der Waals surface area (Å²) in [5.41, 5.74) is 0.867. The van der Waals surface area contributed by atoms with Gasteiger partial charge in [-0.2, -0.15) is 0 Å². The predicted molar refractivity (Wildman–Crippen MR) is 113 cm³/mol. The van der Waals surface area contributed by atoms with Gasteiger partial charge >= 0.3 is 0 Å². The molecule has 3 aromatic rings. The Hall–Kier alpha value is -3.10. The van der Waals surface area contributed by atoms with Crippen LogP contribution in [-0.2, 0) is 4.79 Å². The minimum atomic E-state index is -0.953. The van der Waals surface area contributed by atoms with E-state index in [4.69, 9.17) is 20.8 Å². The highest BCUT2D eigenvalue weighted by Crippen LogP contribution is 2.44. The SMILES string of the molecule is COc1ccc(N2C(=O)C(O)=C(C(=O)c3sc(C)nc3C)C2c2ccco2)cc1Cl. The molecular formula is C21H17ClN2O5S. The summed E-state index contributed by atoms with van der Waals surface area (Å²) in [7, 11) is 1.48. The van der Waals surface area contributed by atoms with Crippen molar-refractivity contribution in [3.63, 3.8) is 0 Å². The van der Waals surface area contributed by atoms with Gasteiger partial charge in [0.15, 0.2) is 5.76 Å². The lowest BCUT2D eigenvalue weighted by Crippen LogP contribution is -2.30. The molecule has 3 heterocycles. The third-order valence-electron chi connectivity index (χ3n) is 4.79. The van der Waals surface area contributed by atoms with Gasteiger partial charge in [-0.05, 0) is 44.2 Å². The van der Waals surface area contributed by atoms with Crippen molar-refractivity contribution in [3.8, 4) is 5.75 Å². The Balaban J connectivity index is 1.86. The van der Waals surface area contributed by atoms with Crippen molar-refractivity contribution in [2.75, 3.05) is 12.0 Å². The van der Waals surface area contributed by atoms with Crippen LogP contribution in [0.25, 0.3) is 0 Å². The molecule has 9 heteroatoms. The minimum Gasteiger partial charge on any atom is -0.503 e. The normalized spacial score (nSPS) is 16.5. The Morgan fingerprint density at radius 1 is 1.33 bits per heavy atom. The number of ketones is 1. The van der Waals surface area contributed by atoms with Crippen LogP contribution >= 0.6 is 22.9 Å². The standard InChI is InChI=1S/C21H17ClN2O5S/c1-10-20(30-11(2)23-10)18(25)16-17(15-5-4-8-29-15)24(21(27)19(16)26)12-6-7-14(28-3)13(22)9-12/h4-9,17,26H,1-3H3. The zero-order chi connectivity index (χ0) is 21.6. The molecule has 1 N–H and O–H groups in total. The molecule has 0 radical (unpaired) electrons. The Bertz CT molecular complexity index is 1180. The topological polar surface area (TPSA) is 92.9 Å². The van der Waals surface area contributed by atoms with E-state index in [1.54, 1.807) is 38.1 Å². The predicted octanol–water partition coefficient (Wildman–Crippen LogP) is 4.80. The van der Waals surface area contributed by atoms with E-state index < -0.39 is 23.5 Å². The van der Waals surface area contributed by atoms with Crippen molar-refractivity contribution in [2.24, 2.45) is 0 Å². The first kappa shape index (κ1) is 20.2. The largest absolute Gasteiger partial charge is 0.503 e. The van der Waals surface area contributed by atoms with Crippen LogP contribution in [0.15, 0.2) is 52.3 Å². The number of amides is 1. The number of carbonyl (C=O) groups is 2. The van der Waals surface area contributed by atoms with Gasteiger partial charge in [0, 0.05) is 5.69 Å². The third-order valence-corrected chi connectivity index (χ3v) is 6.16. The van der Waals surface area contributed by atoms with Gasteiger partial charge in [-0.15, -0.1) is 11.3 Å². The van der Waals surface area contributed by atoms with Gasteiger partial charge in [0.25, 0.3) is 5.91 Å². The monoisotopic (exact) mass is 444 g/mol. The molecule has 1 aliphatic rings. The molecule has 0 fully saturated rings. The van der Waals surface area contributed by atoms with Gasteiger partial charge in [-0.3, -0.25) is 14.5 Å².